The summed E-state index contributed by atoms with van der Waals surface area (Å²) in [5.41, 5.74) is 6.98. The predicted octanol–water partition coefficient (Wildman–Crippen LogP) is 3.77. The molecule has 0 unspecified atom stereocenters. The normalized spacial score (nSPS) is 10.1. The van der Waals surface area contributed by atoms with E-state index in [-0.39, 0.29) is 0 Å². The molecule has 0 aliphatic rings. The number of pyridine rings is 1. The zero-order chi connectivity index (χ0) is 13.1. The van der Waals surface area contributed by atoms with Gasteiger partial charge in [0.2, 0.25) is 0 Å². The fraction of sp³-hybridized carbons (Fsp3) is 0. The molecule has 3 N–H and O–H groups in total. The standard InChI is InChI=1S/C12H9Cl2N3S/c13-8-3-9(14)5-10(4-8)17-11-2-1-7(6-16-11)12(15)18/h1-6H,(H2,15,18)(H,16,17). The summed E-state index contributed by atoms with van der Waals surface area (Å²) in [5.74, 6) is 0.660. The van der Waals surface area contributed by atoms with Crippen LogP contribution >= 0.6 is 35.4 Å². The van der Waals surface area contributed by atoms with E-state index < -0.39 is 0 Å². The number of thiocarbonyl (C=S) groups is 1. The Hall–Kier alpha value is -1.36. The average molecular weight is 298 g/mol. The molecule has 3 nitrogen and oxygen atoms in total. The summed E-state index contributed by atoms with van der Waals surface area (Å²) in [6.07, 6.45) is 1.61. The lowest BCUT2D eigenvalue weighted by molar-refractivity contribution is 1.30. The van der Waals surface area contributed by atoms with Gasteiger partial charge in [-0.15, -0.1) is 0 Å². The van der Waals surface area contributed by atoms with Crippen LogP contribution in [0, 0.1) is 0 Å². The summed E-state index contributed by atoms with van der Waals surface area (Å²) in [6.45, 7) is 0. The molecule has 18 heavy (non-hydrogen) atoms. The number of hydrogen-bond acceptors (Lipinski definition) is 3. The first-order valence-electron chi connectivity index (χ1n) is 5.03. The number of halogens is 2. The Labute approximate surface area is 120 Å². The topological polar surface area (TPSA) is 50.9 Å². The highest BCUT2D eigenvalue weighted by molar-refractivity contribution is 7.80. The lowest BCUT2D eigenvalue weighted by Gasteiger charge is -2.07. The van der Waals surface area contributed by atoms with E-state index in [2.05, 4.69) is 10.3 Å². The van der Waals surface area contributed by atoms with Crippen molar-refractivity contribution in [1.82, 2.24) is 4.98 Å². The number of nitrogens with zero attached hydrogens (tertiary/aromatic N) is 1. The molecule has 0 fully saturated rings. The van der Waals surface area contributed by atoms with Crippen LogP contribution in [0.5, 0.6) is 0 Å². The van der Waals surface area contributed by atoms with Gasteiger partial charge in [0, 0.05) is 27.5 Å². The molecule has 0 amide bonds. The van der Waals surface area contributed by atoms with Gasteiger partial charge in [0.15, 0.2) is 0 Å². The molecule has 0 saturated heterocycles. The second kappa shape index (κ2) is 5.52. The fourth-order valence-corrected chi connectivity index (χ4v) is 2.03. The van der Waals surface area contributed by atoms with Crippen LogP contribution in [0.4, 0.5) is 11.5 Å². The second-order valence-electron chi connectivity index (χ2n) is 3.58. The van der Waals surface area contributed by atoms with E-state index in [0.29, 0.717) is 20.9 Å². The summed E-state index contributed by atoms with van der Waals surface area (Å²) in [4.78, 5) is 4.51. The molecule has 0 spiro atoms. The van der Waals surface area contributed by atoms with Gasteiger partial charge in [-0.3, -0.25) is 0 Å². The number of benzene rings is 1. The first-order valence-corrected chi connectivity index (χ1v) is 6.20. The third kappa shape index (κ3) is 3.32. The Bertz CT molecular complexity index is 564. The van der Waals surface area contributed by atoms with Crippen molar-refractivity contribution in [3.8, 4) is 0 Å². The molecule has 0 atom stereocenters. The van der Waals surface area contributed by atoms with Crippen LogP contribution in [0.25, 0.3) is 0 Å². The predicted molar refractivity (Wildman–Crippen MR) is 79.9 cm³/mol. The highest BCUT2D eigenvalue weighted by Crippen LogP contribution is 2.24. The van der Waals surface area contributed by atoms with Crippen molar-refractivity contribution in [3.05, 3.63) is 52.1 Å². The minimum atomic E-state index is 0.319. The van der Waals surface area contributed by atoms with Gasteiger partial charge >= 0.3 is 0 Å². The molecule has 6 heteroatoms. The van der Waals surface area contributed by atoms with Crippen LogP contribution in [0.1, 0.15) is 5.56 Å². The zero-order valence-corrected chi connectivity index (χ0v) is 11.5. The maximum absolute atomic E-state index is 5.90. The summed E-state index contributed by atoms with van der Waals surface area (Å²) in [6, 6.07) is 8.76. The lowest BCUT2D eigenvalue weighted by Crippen LogP contribution is -2.09. The molecule has 2 aromatic rings. The molecule has 1 aromatic heterocycles. The van der Waals surface area contributed by atoms with Crippen LogP contribution < -0.4 is 11.1 Å². The van der Waals surface area contributed by atoms with Gasteiger partial charge in [0.25, 0.3) is 0 Å². The third-order valence-corrected chi connectivity index (χ3v) is 2.86. The Morgan fingerprint density at radius 2 is 1.83 bits per heavy atom. The highest BCUT2D eigenvalue weighted by Gasteiger charge is 2.01. The van der Waals surface area contributed by atoms with Gasteiger partial charge in [0.1, 0.15) is 10.8 Å². The summed E-state index contributed by atoms with van der Waals surface area (Å²) < 4.78 is 0. The van der Waals surface area contributed by atoms with Crippen LogP contribution in [-0.2, 0) is 0 Å². The molecule has 2 rings (SSSR count). The number of nitrogens with two attached hydrogens (primary N) is 1. The summed E-state index contributed by atoms with van der Waals surface area (Å²) in [5, 5.41) is 4.21. The van der Waals surface area contributed by atoms with E-state index >= 15 is 0 Å². The average Bonchev–Trinajstić information content (AvgIpc) is 2.28. The van der Waals surface area contributed by atoms with Gasteiger partial charge in [-0.05, 0) is 30.3 Å². The zero-order valence-electron chi connectivity index (χ0n) is 9.15. The van der Waals surface area contributed by atoms with Gasteiger partial charge in [-0.1, -0.05) is 35.4 Å². The highest BCUT2D eigenvalue weighted by atomic mass is 35.5. The molecule has 0 bridgehead atoms. The SMILES string of the molecule is NC(=S)c1ccc(Nc2cc(Cl)cc(Cl)c2)nc1. The van der Waals surface area contributed by atoms with Crippen molar-refractivity contribution < 1.29 is 0 Å². The van der Waals surface area contributed by atoms with E-state index in [1.165, 1.54) is 0 Å². The maximum Gasteiger partial charge on any atom is 0.130 e. The molecular weight excluding hydrogens is 289 g/mol. The minimum absolute atomic E-state index is 0.319. The fourth-order valence-electron chi connectivity index (χ4n) is 1.39. The molecule has 0 aliphatic heterocycles. The first kappa shape index (κ1) is 13.1. The van der Waals surface area contributed by atoms with Crippen molar-refractivity contribution in [2.45, 2.75) is 0 Å². The van der Waals surface area contributed by atoms with E-state index in [0.717, 1.165) is 11.3 Å². The Morgan fingerprint density at radius 3 is 2.33 bits per heavy atom. The van der Waals surface area contributed by atoms with Crippen LogP contribution in [0.15, 0.2) is 36.5 Å². The summed E-state index contributed by atoms with van der Waals surface area (Å²) >= 11 is 16.7. The Morgan fingerprint density at radius 1 is 1.17 bits per heavy atom. The smallest absolute Gasteiger partial charge is 0.130 e. The largest absolute Gasteiger partial charge is 0.389 e. The van der Waals surface area contributed by atoms with E-state index in [9.17, 15) is 0 Å². The number of hydrogen-bond donors (Lipinski definition) is 2. The molecular formula is C12H9Cl2N3S. The van der Waals surface area contributed by atoms with Crippen molar-refractivity contribution in [2.75, 3.05) is 5.32 Å². The van der Waals surface area contributed by atoms with Gasteiger partial charge in [-0.25, -0.2) is 4.98 Å². The molecule has 0 radical (unpaired) electrons. The van der Waals surface area contributed by atoms with Crippen LogP contribution in [0.2, 0.25) is 10.0 Å². The molecule has 0 aliphatic carbocycles. The van der Waals surface area contributed by atoms with Gasteiger partial charge < -0.3 is 11.1 Å². The second-order valence-corrected chi connectivity index (χ2v) is 4.89. The number of aromatic nitrogens is 1. The van der Waals surface area contributed by atoms with E-state index in [4.69, 9.17) is 41.2 Å². The van der Waals surface area contributed by atoms with Crippen LogP contribution in [0.3, 0.4) is 0 Å². The molecule has 0 saturated carbocycles. The van der Waals surface area contributed by atoms with Crippen molar-refractivity contribution >= 4 is 51.9 Å². The van der Waals surface area contributed by atoms with Crippen molar-refractivity contribution in [2.24, 2.45) is 5.73 Å². The lowest BCUT2D eigenvalue weighted by atomic mass is 10.2. The van der Waals surface area contributed by atoms with Crippen LogP contribution in [-0.4, -0.2) is 9.97 Å². The Balaban J connectivity index is 2.20. The van der Waals surface area contributed by atoms with E-state index in [1.807, 2.05) is 0 Å². The maximum atomic E-state index is 5.90. The van der Waals surface area contributed by atoms with Gasteiger partial charge in [0.05, 0.1) is 0 Å². The quantitative estimate of drug-likeness (QED) is 0.847. The number of nitrogens with one attached hydrogen (secondary N) is 1. The minimum Gasteiger partial charge on any atom is -0.389 e. The molecule has 1 heterocycles. The number of anilines is 2. The first-order chi connectivity index (χ1) is 8.54. The van der Waals surface area contributed by atoms with Crippen molar-refractivity contribution in [1.29, 1.82) is 0 Å². The number of rotatable bonds is 3. The van der Waals surface area contributed by atoms with Gasteiger partial charge in [-0.2, -0.15) is 0 Å². The molecule has 1 aromatic carbocycles. The summed E-state index contributed by atoms with van der Waals surface area (Å²) in [7, 11) is 0. The molecule has 92 valence electrons. The Kier molecular flexibility index (Phi) is 4.01. The van der Waals surface area contributed by atoms with E-state index in [1.54, 1.807) is 36.5 Å². The third-order valence-electron chi connectivity index (χ3n) is 2.18. The monoisotopic (exact) mass is 297 g/mol. The van der Waals surface area contributed by atoms with Crippen molar-refractivity contribution in [3.63, 3.8) is 0 Å².